The number of halogens is 16. The Morgan fingerprint density at radius 1 is 0.346 bits per heavy atom. The van der Waals surface area contributed by atoms with Gasteiger partial charge < -0.3 is 40.9 Å². The Kier molecular flexibility index (Phi) is 32.3. The van der Waals surface area contributed by atoms with Crippen molar-refractivity contribution >= 4 is 114 Å². The van der Waals surface area contributed by atoms with Gasteiger partial charge in [-0.25, -0.2) is 19.2 Å². The molecule has 0 bridgehead atoms. The number of carboxylic acid groups (broad SMARTS) is 4. The predicted molar refractivity (Wildman–Crippen MR) is 285 cm³/mol. The summed E-state index contributed by atoms with van der Waals surface area (Å²) in [7, 11) is 0. The summed E-state index contributed by atoms with van der Waals surface area (Å²) in [5, 5.41) is 94.9. The van der Waals surface area contributed by atoms with Gasteiger partial charge in [-0.2, -0.15) is 73.1 Å². The van der Waals surface area contributed by atoms with Crippen LogP contribution in [-0.4, -0.2) is 106 Å². The number of alkyl halides is 12. The summed E-state index contributed by atoms with van der Waals surface area (Å²) in [4.78, 5) is 41.4. The first kappa shape index (κ1) is 74.8. The molecular weight excluding hydrogens is 1680 g/mol. The maximum Gasteiger partial charge on any atom is 2.00 e. The summed E-state index contributed by atoms with van der Waals surface area (Å²) in [5.74, 6) is -9.49. The number of phenols is 4. The van der Waals surface area contributed by atoms with Gasteiger partial charge >= 0.3 is 75.9 Å². The Hall–Kier alpha value is -6.20. The number of aromatic hydroxyl groups is 4. The van der Waals surface area contributed by atoms with Crippen LogP contribution in [0, 0.1) is 14.3 Å². The van der Waals surface area contributed by atoms with Crippen molar-refractivity contribution in [2.24, 2.45) is 0 Å². The zero-order chi connectivity index (χ0) is 61.3. The number of aromatic nitrogens is 8. The van der Waals surface area contributed by atoms with Crippen molar-refractivity contribution in [3.05, 3.63) is 181 Å². The maximum atomic E-state index is 12.0. The average Bonchev–Trinajstić information content (AvgIpc) is 4.21. The summed E-state index contributed by atoms with van der Waals surface area (Å²) in [6.07, 6.45) is -3.96. The molecule has 8 aromatic rings. The minimum Gasteiger partial charge on any atom is -0.507 e. The third-order valence-corrected chi connectivity index (χ3v) is 10.4. The number of carboxylic acids is 4. The van der Waals surface area contributed by atoms with Gasteiger partial charge in [-0.05, 0) is 163 Å². The number of nitrogens with zero attached hydrogens (tertiary/aromatic N) is 4. The molecule has 37 heteroatoms. The summed E-state index contributed by atoms with van der Waals surface area (Å²) >= 11 is 8.73. The van der Waals surface area contributed by atoms with E-state index in [9.17, 15) is 71.9 Å². The number of aromatic carboxylic acids is 4. The van der Waals surface area contributed by atoms with Crippen molar-refractivity contribution in [2.75, 3.05) is 0 Å². The molecule has 0 atom stereocenters. The fourth-order valence-electron chi connectivity index (χ4n) is 4.50. The SMILES string of the molecule is Ic1cn[nH]c1.Ic1cn[nH]c1.Ic1cn[nH]c1.Ic1cn[nH]c1.O=C(O)c1ccc(C(F)(F)F)cc1O.O=C(O)c1ccc(C(F)(F)F)cc1O.O=C(O)c1ccc(C(F)(F)F)cc1O.O=C(O)c1ccc(C(F)(F)F)cc1O.[Cd+2]. The molecule has 0 saturated carbocycles. The van der Waals surface area contributed by atoms with Gasteiger partial charge in [-0.3, -0.25) is 20.4 Å². The zero-order valence-corrected chi connectivity index (χ0v) is 52.0. The van der Waals surface area contributed by atoms with Crippen LogP contribution in [0.25, 0.3) is 0 Å². The van der Waals surface area contributed by atoms with Crippen molar-refractivity contribution in [2.45, 2.75) is 24.7 Å². The van der Waals surface area contributed by atoms with Crippen LogP contribution in [0.5, 0.6) is 23.0 Å². The van der Waals surface area contributed by atoms with Crippen LogP contribution in [-0.2, 0) is 52.0 Å². The molecule has 8 rings (SSSR count). The van der Waals surface area contributed by atoms with Crippen molar-refractivity contribution in [3.8, 4) is 23.0 Å². The quantitative estimate of drug-likeness (QED) is 0.0442. The Morgan fingerprint density at radius 3 is 0.580 bits per heavy atom. The normalized spacial score (nSPS) is 10.5. The van der Waals surface area contributed by atoms with E-state index in [1.165, 1.54) is 0 Å². The number of hydrogen-bond donors (Lipinski definition) is 12. The molecule has 0 fully saturated rings. The maximum absolute atomic E-state index is 12.0. The fourth-order valence-corrected chi connectivity index (χ4v) is 5.61. The Morgan fingerprint density at radius 2 is 0.506 bits per heavy atom. The van der Waals surface area contributed by atoms with Crippen LogP contribution in [0.4, 0.5) is 52.7 Å². The molecule has 432 valence electrons. The van der Waals surface area contributed by atoms with E-state index >= 15 is 0 Å². The van der Waals surface area contributed by atoms with Crippen molar-refractivity contribution in [3.63, 3.8) is 0 Å². The smallest absolute Gasteiger partial charge is 0.507 e. The Balaban J connectivity index is 0.000000925. The standard InChI is InChI=1S/4C8H5F3O3.4C3H3IN2.Cd/c4*9-8(10,11)4-1-2-5(7(13)14)6(12)3-4;4*4-3-1-5-6-2-3;/h4*1-3,12H,(H,13,14);4*1-2H,(H,5,6);/q;;;;;;;;+2. The molecule has 4 heterocycles. The summed E-state index contributed by atoms with van der Waals surface area (Å²) in [5.41, 5.74) is -6.56. The molecule has 4 aromatic carbocycles. The first-order valence-electron chi connectivity index (χ1n) is 20.0. The first-order chi connectivity index (χ1) is 36.9. The van der Waals surface area contributed by atoms with Crippen LogP contribution in [0.3, 0.4) is 0 Å². The third kappa shape index (κ3) is 29.4. The summed E-state index contributed by atoms with van der Waals surface area (Å²) in [6.45, 7) is 0. The van der Waals surface area contributed by atoms with E-state index in [0.29, 0.717) is 72.8 Å². The molecule has 0 spiro atoms. The Bertz CT molecular complexity index is 2770. The monoisotopic (exact) mass is 1710 g/mol. The molecule has 0 aliphatic heterocycles. The molecule has 0 aliphatic carbocycles. The van der Waals surface area contributed by atoms with E-state index in [1.54, 1.807) is 24.8 Å². The molecule has 0 amide bonds. The number of aromatic amines is 4. The molecule has 0 unspecified atom stereocenters. The average molecular weight is 1710 g/mol. The van der Waals surface area contributed by atoms with E-state index in [0.717, 1.165) is 14.3 Å². The van der Waals surface area contributed by atoms with Gasteiger partial charge in [0.2, 0.25) is 0 Å². The van der Waals surface area contributed by atoms with Crippen LogP contribution < -0.4 is 0 Å². The van der Waals surface area contributed by atoms with Crippen molar-refractivity contribution < 1.29 is 140 Å². The van der Waals surface area contributed by atoms with Gasteiger partial charge in [0.1, 0.15) is 45.3 Å². The Labute approximate surface area is 519 Å². The number of hydrogen-bond acceptors (Lipinski definition) is 12. The fraction of sp³-hybridized carbons (Fsp3) is 0.0909. The molecule has 0 radical (unpaired) electrons. The van der Waals surface area contributed by atoms with Gasteiger partial charge in [0, 0.05) is 24.8 Å². The molecule has 81 heavy (non-hydrogen) atoms. The van der Waals surface area contributed by atoms with Crippen LogP contribution in [0.2, 0.25) is 0 Å². The minimum absolute atomic E-state index is 0. The summed E-state index contributed by atoms with van der Waals surface area (Å²) < 4.78 is 149. The number of H-pyrrole nitrogens is 4. The number of nitrogens with one attached hydrogen (secondary N) is 4. The van der Waals surface area contributed by atoms with E-state index in [4.69, 9.17) is 40.9 Å². The van der Waals surface area contributed by atoms with Crippen molar-refractivity contribution in [1.29, 1.82) is 0 Å². The van der Waals surface area contributed by atoms with Crippen LogP contribution in [0.15, 0.2) is 122 Å². The molecule has 0 saturated heterocycles. The van der Waals surface area contributed by atoms with E-state index in [1.807, 2.05) is 24.8 Å². The van der Waals surface area contributed by atoms with E-state index in [2.05, 4.69) is 131 Å². The third-order valence-electron chi connectivity index (χ3n) is 8.08. The van der Waals surface area contributed by atoms with Gasteiger partial charge in [-0.1, -0.05) is 0 Å². The second kappa shape index (κ2) is 34.9. The van der Waals surface area contributed by atoms with Gasteiger partial charge in [0.05, 0.1) is 61.3 Å². The molecular formula is C44H32CdF12I4N8O12+2. The van der Waals surface area contributed by atoms with Gasteiger partial charge in [-0.15, -0.1) is 0 Å². The van der Waals surface area contributed by atoms with Gasteiger partial charge in [0.15, 0.2) is 0 Å². The predicted octanol–water partition coefficient (Wildman–Crippen LogP) is 12.5. The zero-order valence-electron chi connectivity index (χ0n) is 39.3. The molecule has 20 nitrogen and oxygen atoms in total. The van der Waals surface area contributed by atoms with E-state index in [-0.39, 0.29) is 27.3 Å². The second-order valence-corrected chi connectivity index (χ2v) is 18.8. The summed E-state index contributed by atoms with van der Waals surface area (Å²) in [6, 6.07) is 6.75. The number of benzene rings is 4. The van der Waals surface area contributed by atoms with Crippen LogP contribution >= 0.6 is 90.4 Å². The topological polar surface area (TPSA) is 345 Å². The largest absolute Gasteiger partial charge is 2.00 e. The molecule has 0 aliphatic rings. The molecule has 12 N–H and O–H groups in total. The minimum atomic E-state index is -4.59. The first-order valence-corrected chi connectivity index (χ1v) is 24.3. The molecule has 4 aromatic heterocycles. The second-order valence-electron chi connectivity index (χ2n) is 13.8. The van der Waals surface area contributed by atoms with Crippen molar-refractivity contribution in [1.82, 2.24) is 40.8 Å². The number of carbonyl (C=O) groups is 4. The van der Waals surface area contributed by atoms with Crippen LogP contribution in [0.1, 0.15) is 63.7 Å². The van der Waals surface area contributed by atoms with Gasteiger partial charge in [0.25, 0.3) is 0 Å². The number of rotatable bonds is 4. The van der Waals surface area contributed by atoms with E-state index < -0.39 is 116 Å².